The van der Waals surface area contributed by atoms with E-state index in [1.165, 1.54) is 25.7 Å². The van der Waals surface area contributed by atoms with E-state index in [2.05, 4.69) is 18.7 Å². The van der Waals surface area contributed by atoms with E-state index in [-0.39, 0.29) is 6.54 Å². The van der Waals surface area contributed by atoms with Gasteiger partial charge in [-0.25, -0.2) is 0 Å². The van der Waals surface area contributed by atoms with Gasteiger partial charge in [0.1, 0.15) is 0 Å². The summed E-state index contributed by atoms with van der Waals surface area (Å²) in [6, 6.07) is 0.390. The minimum atomic E-state index is -0.701. The lowest BCUT2D eigenvalue weighted by molar-refractivity contribution is -0.139. The number of aliphatic carboxylic acids is 1. The second kappa shape index (κ2) is 6.11. The third kappa shape index (κ3) is 4.20. The molecule has 0 aliphatic heterocycles. The van der Waals surface area contributed by atoms with Crippen LogP contribution in [-0.4, -0.2) is 35.1 Å². The fourth-order valence-electron chi connectivity index (χ4n) is 2.36. The van der Waals surface area contributed by atoms with E-state index < -0.39 is 5.97 Å². The Morgan fingerprint density at radius 2 is 2.07 bits per heavy atom. The largest absolute Gasteiger partial charge is 0.480 e. The molecule has 1 unspecified atom stereocenters. The van der Waals surface area contributed by atoms with Gasteiger partial charge in [0.15, 0.2) is 0 Å². The first-order valence-electron chi connectivity index (χ1n) is 6.09. The molecule has 0 spiro atoms. The second-order valence-corrected chi connectivity index (χ2v) is 4.73. The highest BCUT2D eigenvalue weighted by Crippen LogP contribution is 2.26. The van der Waals surface area contributed by atoms with E-state index in [0.29, 0.717) is 6.04 Å². The minimum Gasteiger partial charge on any atom is -0.480 e. The molecule has 0 radical (unpaired) electrons. The van der Waals surface area contributed by atoms with Crippen LogP contribution in [0.1, 0.15) is 46.0 Å². The summed E-state index contributed by atoms with van der Waals surface area (Å²) >= 11 is 0. The van der Waals surface area contributed by atoms with Gasteiger partial charge in [0.25, 0.3) is 0 Å². The molecule has 1 atom stereocenters. The predicted octanol–water partition coefficient (Wildman–Crippen LogP) is 2.36. The molecule has 15 heavy (non-hydrogen) atoms. The van der Waals surface area contributed by atoms with E-state index >= 15 is 0 Å². The molecule has 1 aliphatic carbocycles. The average Bonchev–Trinajstić information content (AvgIpc) is 2.67. The van der Waals surface area contributed by atoms with Crippen molar-refractivity contribution in [3.63, 3.8) is 0 Å². The maximum Gasteiger partial charge on any atom is 0.317 e. The summed E-state index contributed by atoms with van der Waals surface area (Å²) in [4.78, 5) is 12.9. The molecule has 0 aromatic carbocycles. The molecule has 3 heteroatoms. The summed E-state index contributed by atoms with van der Waals surface area (Å²) in [6.45, 7) is 5.42. The Morgan fingerprint density at radius 1 is 1.47 bits per heavy atom. The van der Waals surface area contributed by atoms with Crippen molar-refractivity contribution in [2.24, 2.45) is 5.92 Å². The van der Waals surface area contributed by atoms with Gasteiger partial charge in [-0.1, -0.05) is 19.8 Å². The van der Waals surface area contributed by atoms with Crippen LogP contribution in [0.5, 0.6) is 0 Å². The zero-order valence-electron chi connectivity index (χ0n) is 9.91. The maximum absolute atomic E-state index is 10.8. The molecule has 88 valence electrons. The first-order chi connectivity index (χ1) is 7.13. The van der Waals surface area contributed by atoms with E-state index in [9.17, 15) is 4.79 Å². The molecule has 0 bridgehead atoms. The van der Waals surface area contributed by atoms with Gasteiger partial charge in [0, 0.05) is 12.6 Å². The van der Waals surface area contributed by atoms with Crippen LogP contribution >= 0.6 is 0 Å². The van der Waals surface area contributed by atoms with Gasteiger partial charge in [-0.15, -0.1) is 0 Å². The van der Waals surface area contributed by atoms with E-state index in [1.807, 2.05) is 0 Å². The topological polar surface area (TPSA) is 40.5 Å². The van der Waals surface area contributed by atoms with Crippen molar-refractivity contribution in [1.29, 1.82) is 0 Å². The van der Waals surface area contributed by atoms with Crippen LogP contribution in [0.3, 0.4) is 0 Å². The Labute approximate surface area is 92.5 Å². The van der Waals surface area contributed by atoms with Gasteiger partial charge >= 0.3 is 5.97 Å². The van der Waals surface area contributed by atoms with Crippen molar-refractivity contribution in [3.05, 3.63) is 0 Å². The lowest BCUT2D eigenvalue weighted by Gasteiger charge is -2.29. The number of rotatable bonds is 6. The third-order valence-corrected chi connectivity index (χ3v) is 3.52. The highest BCUT2D eigenvalue weighted by Gasteiger charge is 2.22. The van der Waals surface area contributed by atoms with Crippen LogP contribution in [0.4, 0.5) is 0 Å². The number of carboxylic acid groups (broad SMARTS) is 1. The Hall–Kier alpha value is -0.570. The summed E-state index contributed by atoms with van der Waals surface area (Å²) in [6.07, 6.45) is 6.25. The summed E-state index contributed by atoms with van der Waals surface area (Å²) in [5.74, 6) is 0.0339. The highest BCUT2D eigenvalue weighted by atomic mass is 16.4. The van der Waals surface area contributed by atoms with Crippen molar-refractivity contribution < 1.29 is 9.90 Å². The summed E-state index contributed by atoms with van der Waals surface area (Å²) in [5, 5.41) is 8.86. The van der Waals surface area contributed by atoms with Crippen LogP contribution in [0.15, 0.2) is 0 Å². The van der Waals surface area contributed by atoms with E-state index in [1.54, 1.807) is 0 Å². The number of hydrogen-bond acceptors (Lipinski definition) is 2. The molecule has 0 amide bonds. The summed E-state index contributed by atoms with van der Waals surface area (Å²) in [7, 11) is 0. The van der Waals surface area contributed by atoms with E-state index in [0.717, 1.165) is 18.9 Å². The maximum atomic E-state index is 10.8. The fraction of sp³-hybridized carbons (Fsp3) is 0.917. The second-order valence-electron chi connectivity index (χ2n) is 4.73. The normalized spacial score (nSPS) is 19.7. The zero-order chi connectivity index (χ0) is 11.3. The Morgan fingerprint density at radius 3 is 2.53 bits per heavy atom. The molecule has 1 aliphatic rings. The van der Waals surface area contributed by atoms with Gasteiger partial charge in [0.2, 0.25) is 0 Å². The van der Waals surface area contributed by atoms with Crippen molar-refractivity contribution >= 4 is 5.97 Å². The van der Waals surface area contributed by atoms with Crippen LogP contribution in [0.2, 0.25) is 0 Å². The number of carboxylic acids is 1. The average molecular weight is 213 g/mol. The van der Waals surface area contributed by atoms with E-state index in [4.69, 9.17) is 5.11 Å². The van der Waals surface area contributed by atoms with Crippen LogP contribution in [0.25, 0.3) is 0 Å². The minimum absolute atomic E-state index is 0.200. The molecular formula is C12H23NO2. The lowest BCUT2D eigenvalue weighted by Crippen LogP contribution is -2.39. The molecule has 1 fully saturated rings. The zero-order valence-corrected chi connectivity index (χ0v) is 9.91. The first kappa shape index (κ1) is 12.5. The monoisotopic (exact) mass is 213 g/mol. The molecular weight excluding hydrogens is 190 g/mol. The van der Waals surface area contributed by atoms with Crippen molar-refractivity contribution in [3.8, 4) is 0 Å². The van der Waals surface area contributed by atoms with Crippen LogP contribution in [0, 0.1) is 5.92 Å². The van der Waals surface area contributed by atoms with Gasteiger partial charge in [-0.2, -0.15) is 0 Å². The van der Waals surface area contributed by atoms with Crippen molar-refractivity contribution in [2.75, 3.05) is 13.1 Å². The number of carbonyl (C=O) groups is 1. The van der Waals surface area contributed by atoms with Crippen LogP contribution < -0.4 is 0 Å². The van der Waals surface area contributed by atoms with Gasteiger partial charge in [-0.05, 0) is 32.1 Å². The molecule has 1 N–H and O–H groups in total. The quantitative estimate of drug-likeness (QED) is 0.736. The van der Waals surface area contributed by atoms with Gasteiger partial charge in [-0.3, -0.25) is 9.69 Å². The molecule has 3 nitrogen and oxygen atoms in total. The van der Waals surface area contributed by atoms with Gasteiger partial charge < -0.3 is 5.11 Å². The summed E-state index contributed by atoms with van der Waals surface area (Å²) < 4.78 is 0. The molecule has 0 aromatic rings. The molecule has 1 saturated carbocycles. The van der Waals surface area contributed by atoms with Crippen molar-refractivity contribution in [1.82, 2.24) is 4.90 Å². The van der Waals surface area contributed by atoms with Gasteiger partial charge in [0.05, 0.1) is 6.54 Å². The molecule has 0 heterocycles. The molecule has 0 aromatic heterocycles. The SMILES string of the molecule is CCC(C)N(CC(=O)O)CC1CCCC1. The Kier molecular flexibility index (Phi) is 5.09. The smallest absolute Gasteiger partial charge is 0.317 e. The van der Waals surface area contributed by atoms with Crippen LogP contribution in [-0.2, 0) is 4.79 Å². The number of hydrogen-bond donors (Lipinski definition) is 1. The van der Waals surface area contributed by atoms with Crippen molar-refractivity contribution in [2.45, 2.75) is 52.0 Å². The summed E-state index contributed by atoms with van der Waals surface area (Å²) in [5.41, 5.74) is 0. The standard InChI is InChI=1S/C12H23NO2/c1-3-10(2)13(9-12(14)15)8-11-6-4-5-7-11/h10-11H,3-9H2,1-2H3,(H,14,15). The predicted molar refractivity (Wildman–Crippen MR) is 60.9 cm³/mol. The number of nitrogens with zero attached hydrogens (tertiary/aromatic N) is 1. The lowest BCUT2D eigenvalue weighted by atomic mass is 10.1. The first-order valence-corrected chi connectivity index (χ1v) is 6.09. The third-order valence-electron chi connectivity index (χ3n) is 3.52. The Bertz CT molecular complexity index is 200. The molecule has 0 saturated heterocycles. The Balaban J connectivity index is 2.43. The molecule has 1 rings (SSSR count). The fourth-order valence-corrected chi connectivity index (χ4v) is 2.36. The highest BCUT2D eigenvalue weighted by molar-refractivity contribution is 5.69.